The van der Waals surface area contributed by atoms with Gasteiger partial charge in [0.2, 0.25) is 10.0 Å². The number of imide groups is 1. The van der Waals surface area contributed by atoms with Crippen LogP contribution in [0.1, 0.15) is 34.1 Å². The standard InChI is InChI=1S/C18H27N3O7S/c1-5-27-13-6-8-14(9-7-13)29(25,26)19-11-10-16(23)28-12-15(22)20-17(24)21-18(2,3)4/h6-9,19H,5,10-12H2,1-4H3,(H2,20,21,22,24). The average molecular weight is 429 g/mol. The van der Waals surface area contributed by atoms with Crippen LogP contribution in [0.4, 0.5) is 4.79 Å². The van der Waals surface area contributed by atoms with Crippen molar-refractivity contribution in [1.29, 1.82) is 0 Å². The number of carbonyl (C=O) groups is 3. The summed E-state index contributed by atoms with van der Waals surface area (Å²) in [5.74, 6) is -1.04. The summed E-state index contributed by atoms with van der Waals surface area (Å²) in [7, 11) is -3.80. The minimum Gasteiger partial charge on any atom is -0.494 e. The Balaban J connectivity index is 2.37. The van der Waals surface area contributed by atoms with E-state index in [2.05, 4.69) is 10.0 Å². The number of rotatable bonds is 9. The zero-order valence-corrected chi connectivity index (χ0v) is 17.7. The highest BCUT2D eigenvalue weighted by Crippen LogP contribution is 2.15. The average Bonchev–Trinajstić information content (AvgIpc) is 2.59. The lowest BCUT2D eigenvalue weighted by molar-refractivity contribution is -0.148. The van der Waals surface area contributed by atoms with Crippen molar-refractivity contribution in [1.82, 2.24) is 15.4 Å². The summed E-state index contributed by atoms with van der Waals surface area (Å²) in [5, 5.41) is 4.54. The summed E-state index contributed by atoms with van der Waals surface area (Å²) in [6, 6.07) is 5.13. The molecule has 3 N–H and O–H groups in total. The molecular formula is C18H27N3O7S. The monoisotopic (exact) mass is 429 g/mol. The Bertz CT molecular complexity index is 815. The van der Waals surface area contributed by atoms with E-state index in [9.17, 15) is 22.8 Å². The summed E-state index contributed by atoms with van der Waals surface area (Å²) >= 11 is 0. The molecule has 0 heterocycles. The number of sulfonamides is 1. The second-order valence-electron chi connectivity index (χ2n) is 6.97. The van der Waals surface area contributed by atoms with Crippen LogP contribution in [0.25, 0.3) is 0 Å². The molecule has 3 amide bonds. The van der Waals surface area contributed by atoms with Crippen molar-refractivity contribution in [2.24, 2.45) is 0 Å². The minimum absolute atomic E-state index is 0.0264. The van der Waals surface area contributed by atoms with Crippen molar-refractivity contribution < 1.29 is 32.3 Å². The van der Waals surface area contributed by atoms with Crippen LogP contribution in [0.5, 0.6) is 5.75 Å². The number of amides is 3. The van der Waals surface area contributed by atoms with Gasteiger partial charge in [-0.25, -0.2) is 17.9 Å². The lowest BCUT2D eigenvalue weighted by Crippen LogP contribution is -2.49. The van der Waals surface area contributed by atoms with E-state index in [1.165, 1.54) is 24.3 Å². The number of benzene rings is 1. The number of hydrogen-bond donors (Lipinski definition) is 3. The number of nitrogens with one attached hydrogen (secondary N) is 3. The van der Waals surface area contributed by atoms with Gasteiger partial charge in [-0.2, -0.15) is 0 Å². The molecule has 0 saturated carbocycles. The lowest BCUT2D eigenvalue weighted by atomic mass is 10.1. The molecule has 0 saturated heterocycles. The third-order valence-corrected chi connectivity index (χ3v) is 4.65. The first-order chi connectivity index (χ1) is 13.4. The van der Waals surface area contributed by atoms with Crippen LogP contribution in [0.15, 0.2) is 29.2 Å². The van der Waals surface area contributed by atoms with Crippen molar-refractivity contribution in [3.05, 3.63) is 24.3 Å². The molecule has 0 bridgehead atoms. The summed E-state index contributed by atoms with van der Waals surface area (Å²) in [5.41, 5.74) is -0.526. The fraction of sp³-hybridized carbons (Fsp3) is 0.500. The molecule has 0 aliphatic carbocycles. The van der Waals surface area contributed by atoms with Crippen LogP contribution in [-0.2, 0) is 24.3 Å². The third-order valence-electron chi connectivity index (χ3n) is 3.17. The maximum Gasteiger partial charge on any atom is 0.321 e. The van der Waals surface area contributed by atoms with E-state index in [4.69, 9.17) is 9.47 Å². The molecule has 1 aromatic carbocycles. The Morgan fingerprint density at radius 1 is 1.07 bits per heavy atom. The molecule has 0 atom stereocenters. The highest BCUT2D eigenvalue weighted by Gasteiger charge is 2.17. The fourth-order valence-electron chi connectivity index (χ4n) is 2.01. The summed E-state index contributed by atoms with van der Waals surface area (Å²) in [6.07, 6.45) is -0.280. The molecule has 0 aromatic heterocycles. The maximum atomic E-state index is 12.2. The Kier molecular flexibility index (Phi) is 9.05. The molecule has 162 valence electrons. The third kappa shape index (κ3) is 9.90. The number of carbonyl (C=O) groups excluding carboxylic acids is 3. The van der Waals surface area contributed by atoms with Gasteiger partial charge in [-0.05, 0) is 52.0 Å². The van der Waals surface area contributed by atoms with Crippen LogP contribution in [0, 0.1) is 0 Å². The SMILES string of the molecule is CCOc1ccc(S(=O)(=O)NCCC(=O)OCC(=O)NC(=O)NC(C)(C)C)cc1. The summed E-state index contributed by atoms with van der Waals surface area (Å²) < 4.78 is 36.6. The molecular weight excluding hydrogens is 402 g/mol. The molecule has 0 radical (unpaired) electrons. The molecule has 1 aromatic rings. The predicted octanol–water partition coefficient (Wildman–Crippen LogP) is 0.921. The van der Waals surface area contributed by atoms with Crippen LogP contribution in [0.2, 0.25) is 0 Å². The first-order valence-corrected chi connectivity index (χ1v) is 10.4. The largest absolute Gasteiger partial charge is 0.494 e. The van der Waals surface area contributed by atoms with E-state index in [1.54, 1.807) is 20.8 Å². The molecule has 11 heteroatoms. The number of esters is 1. The first kappa shape index (κ1) is 24.4. The Morgan fingerprint density at radius 2 is 1.69 bits per heavy atom. The zero-order chi connectivity index (χ0) is 22.1. The molecule has 0 fully saturated rings. The van der Waals surface area contributed by atoms with Gasteiger partial charge < -0.3 is 14.8 Å². The van der Waals surface area contributed by atoms with Gasteiger partial charge in [0.15, 0.2) is 6.61 Å². The van der Waals surface area contributed by atoms with Crippen LogP contribution < -0.4 is 20.1 Å². The van der Waals surface area contributed by atoms with Crippen LogP contribution in [-0.4, -0.2) is 51.6 Å². The van der Waals surface area contributed by atoms with Crippen LogP contribution >= 0.6 is 0 Å². The van der Waals surface area contributed by atoms with Gasteiger partial charge in [0.05, 0.1) is 17.9 Å². The lowest BCUT2D eigenvalue weighted by Gasteiger charge is -2.20. The van der Waals surface area contributed by atoms with Gasteiger partial charge in [-0.3, -0.25) is 14.9 Å². The van der Waals surface area contributed by atoms with E-state index in [0.29, 0.717) is 12.4 Å². The van der Waals surface area contributed by atoms with Gasteiger partial charge in [0, 0.05) is 12.1 Å². The van der Waals surface area contributed by atoms with Gasteiger partial charge in [0.1, 0.15) is 5.75 Å². The van der Waals surface area contributed by atoms with Gasteiger partial charge in [-0.1, -0.05) is 0 Å². The highest BCUT2D eigenvalue weighted by atomic mass is 32.2. The Morgan fingerprint density at radius 3 is 2.24 bits per heavy atom. The van der Waals surface area contributed by atoms with E-state index >= 15 is 0 Å². The Hall–Kier alpha value is -2.66. The molecule has 29 heavy (non-hydrogen) atoms. The summed E-state index contributed by atoms with van der Waals surface area (Å²) in [4.78, 5) is 34.8. The molecule has 10 nitrogen and oxygen atoms in total. The minimum atomic E-state index is -3.80. The second kappa shape index (κ2) is 10.8. The van der Waals surface area contributed by atoms with E-state index < -0.39 is 40.1 Å². The normalized spacial score (nSPS) is 11.4. The number of hydrogen-bond acceptors (Lipinski definition) is 7. The number of urea groups is 1. The van der Waals surface area contributed by atoms with Crippen molar-refractivity contribution >= 4 is 27.9 Å². The molecule has 0 aliphatic rings. The smallest absolute Gasteiger partial charge is 0.321 e. The van der Waals surface area contributed by atoms with E-state index in [1.807, 2.05) is 12.2 Å². The summed E-state index contributed by atoms with van der Waals surface area (Å²) in [6.45, 7) is 6.65. The van der Waals surface area contributed by atoms with Crippen molar-refractivity contribution in [3.8, 4) is 5.75 Å². The second-order valence-corrected chi connectivity index (χ2v) is 8.73. The van der Waals surface area contributed by atoms with Gasteiger partial charge >= 0.3 is 12.0 Å². The molecule has 1 rings (SSSR count). The van der Waals surface area contributed by atoms with Crippen molar-refractivity contribution in [2.45, 2.75) is 44.6 Å². The van der Waals surface area contributed by atoms with Gasteiger partial charge in [0.25, 0.3) is 5.91 Å². The zero-order valence-electron chi connectivity index (χ0n) is 16.9. The topological polar surface area (TPSA) is 140 Å². The highest BCUT2D eigenvalue weighted by molar-refractivity contribution is 7.89. The number of ether oxygens (including phenoxy) is 2. The quantitative estimate of drug-likeness (QED) is 0.496. The van der Waals surface area contributed by atoms with E-state index in [-0.39, 0.29) is 17.9 Å². The van der Waals surface area contributed by atoms with Gasteiger partial charge in [-0.15, -0.1) is 0 Å². The fourth-order valence-corrected chi connectivity index (χ4v) is 3.04. The van der Waals surface area contributed by atoms with Crippen molar-refractivity contribution in [3.63, 3.8) is 0 Å². The van der Waals surface area contributed by atoms with Crippen molar-refractivity contribution in [2.75, 3.05) is 19.8 Å². The first-order valence-electron chi connectivity index (χ1n) is 8.93. The van der Waals surface area contributed by atoms with E-state index in [0.717, 1.165) is 0 Å². The van der Waals surface area contributed by atoms with Crippen LogP contribution in [0.3, 0.4) is 0 Å². The molecule has 0 spiro atoms. The molecule has 0 aliphatic heterocycles. The molecule has 0 unspecified atom stereocenters. The Labute approximate surface area is 170 Å². The predicted molar refractivity (Wildman–Crippen MR) is 105 cm³/mol. The maximum absolute atomic E-state index is 12.2.